The van der Waals surface area contributed by atoms with Gasteiger partial charge in [-0.3, -0.25) is 0 Å². The molecule has 0 heterocycles. The molecule has 1 aliphatic rings. The van der Waals surface area contributed by atoms with Gasteiger partial charge in [0.15, 0.2) is 0 Å². The highest BCUT2D eigenvalue weighted by Gasteiger charge is 2.26. The molecule has 84 valence electrons. The lowest BCUT2D eigenvalue weighted by Crippen LogP contribution is -2.11. The first-order chi connectivity index (χ1) is 7.81. The van der Waals surface area contributed by atoms with Crippen molar-refractivity contribution in [3.63, 3.8) is 0 Å². The zero-order chi connectivity index (χ0) is 11.5. The molecule has 0 bridgehead atoms. The van der Waals surface area contributed by atoms with Gasteiger partial charge in [0.1, 0.15) is 11.5 Å². The monoisotopic (exact) mass is 217 g/mol. The van der Waals surface area contributed by atoms with E-state index in [-0.39, 0.29) is 5.92 Å². The van der Waals surface area contributed by atoms with Crippen molar-refractivity contribution >= 4 is 0 Å². The smallest absolute Gasteiger partial charge is 0.123 e. The van der Waals surface area contributed by atoms with Crippen LogP contribution in [0.3, 0.4) is 0 Å². The second kappa shape index (κ2) is 4.44. The maximum atomic E-state index is 9.17. The van der Waals surface area contributed by atoms with Gasteiger partial charge in [0.25, 0.3) is 0 Å². The number of rotatable bonds is 2. The van der Waals surface area contributed by atoms with E-state index in [9.17, 15) is 5.26 Å². The van der Waals surface area contributed by atoms with Crippen LogP contribution in [-0.2, 0) is 6.42 Å². The summed E-state index contributed by atoms with van der Waals surface area (Å²) >= 11 is 0. The number of nitriles is 1. The Balaban J connectivity index is 2.60. The van der Waals surface area contributed by atoms with Gasteiger partial charge >= 0.3 is 0 Å². The summed E-state index contributed by atoms with van der Waals surface area (Å²) in [6.07, 6.45) is 2.91. The van der Waals surface area contributed by atoms with E-state index in [2.05, 4.69) is 6.07 Å². The quantitative estimate of drug-likeness (QED) is 0.764. The first-order valence-electron chi connectivity index (χ1n) is 5.45. The van der Waals surface area contributed by atoms with E-state index < -0.39 is 0 Å². The Labute approximate surface area is 95.6 Å². The number of nitrogens with zero attached hydrogens (tertiary/aromatic N) is 1. The second-order valence-electron chi connectivity index (χ2n) is 3.94. The molecule has 3 heteroatoms. The van der Waals surface area contributed by atoms with Crippen LogP contribution in [0.1, 0.15) is 29.9 Å². The standard InChI is InChI=1S/C13H15NO2/c1-15-11-6-7-12(16-2)13-9(8-14)4-3-5-10(11)13/h6-7,9H,3-5H2,1-2H3. The summed E-state index contributed by atoms with van der Waals surface area (Å²) in [5.74, 6) is 1.62. The molecule has 0 radical (unpaired) electrons. The molecule has 16 heavy (non-hydrogen) atoms. The average molecular weight is 217 g/mol. The Hall–Kier alpha value is -1.69. The highest BCUT2D eigenvalue weighted by atomic mass is 16.5. The Kier molecular flexibility index (Phi) is 3.00. The highest BCUT2D eigenvalue weighted by molar-refractivity contribution is 5.53. The first kappa shape index (κ1) is 10.8. The predicted molar refractivity (Wildman–Crippen MR) is 60.8 cm³/mol. The summed E-state index contributed by atoms with van der Waals surface area (Å²) in [5.41, 5.74) is 2.16. The van der Waals surface area contributed by atoms with Crippen molar-refractivity contribution in [3.8, 4) is 17.6 Å². The van der Waals surface area contributed by atoms with Crippen LogP contribution in [0.4, 0.5) is 0 Å². The summed E-state index contributed by atoms with van der Waals surface area (Å²) in [6.45, 7) is 0. The van der Waals surface area contributed by atoms with Gasteiger partial charge in [0.05, 0.1) is 26.2 Å². The van der Waals surface area contributed by atoms with Crippen molar-refractivity contribution in [2.24, 2.45) is 0 Å². The second-order valence-corrected chi connectivity index (χ2v) is 3.94. The van der Waals surface area contributed by atoms with Gasteiger partial charge < -0.3 is 9.47 Å². The maximum absolute atomic E-state index is 9.17. The van der Waals surface area contributed by atoms with E-state index in [1.54, 1.807) is 14.2 Å². The van der Waals surface area contributed by atoms with Gasteiger partial charge in [-0.05, 0) is 31.4 Å². The molecule has 2 rings (SSSR count). The Bertz CT molecular complexity index is 434. The topological polar surface area (TPSA) is 42.2 Å². The fourth-order valence-corrected chi connectivity index (χ4v) is 2.39. The minimum atomic E-state index is -0.0613. The lowest BCUT2D eigenvalue weighted by Gasteiger charge is -2.24. The average Bonchev–Trinajstić information content (AvgIpc) is 2.36. The van der Waals surface area contributed by atoms with Gasteiger partial charge in [-0.25, -0.2) is 0 Å². The van der Waals surface area contributed by atoms with Crippen LogP contribution < -0.4 is 9.47 Å². The SMILES string of the molecule is COc1ccc(OC)c2c1CCCC2C#N. The number of ether oxygens (including phenoxy) is 2. The van der Waals surface area contributed by atoms with Crippen LogP contribution in [0.2, 0.25) is 0 Å². The van der Waals surface area contributed by atoms with E-state index in [1.807, 2.05) is 12.1 Å². The molecule has 1 aromatic carbocycles. The maximum Gasteiger partial charge on any atom is 0.123 e. The summed E-state index contributed by atoms with van der Waals surface area (Å²) < 4.78 is 10.7. The normalized spacial score (nSPS) is 18.4. The Morgan fingerprint density at radius 3 is 2.56 bits per heavy atom. The summed E-state index contributed by atoms with van der Waals surface area (Å²) in [7, 11) is 3.31. The van der Waals surface area contributed by atoms with Gasteiger partial charge in [0, 0.05) is 11.1 Å². The molecule has 3 nitrogen and oxygen atoms in total. The third-order valence-corrected chi connectivity index (χ3v) is 3.14. The van der Waals surface area contributed by atoms with Gasteiger partial charge in [-0.2, -0.15) is 5.26 Å². The molecule has 1 aliphatic carbocycles. The van der Waals surface area contributed by atoms with Crippen molar-refractivity contribution < 1.29 is 9.47 Å². The van der Waals surface area contributed by atoms with Crippen molar-refractivity contribution in [2.45, 2.75) is 25.2 Å². The number of hydrogen-bond donors (Lipinski definition) is 0. The predicted octanol–water partition coefficient (Wildman–Crippen LogP) is 2.65. The van der Waals surface area contributed by atoms with E-state index in [4.69, 9.17) is 9.47 Å². The van der Waals surface area contributed by atoms with E-state index in [0.717, 1.165) is 41.9 Å². The number of hydrogen-bond acceptors (Lipinski definition) is 3. The van der Waals surface area contributed by atoms with Crippen LogP contribution in [0, 0.1) is 11.3 Å². The molecule has 1 unspecified atom stereocenters. The zero-order valence-corrected chi connectivity index (χ0v) is 9.62. The Morgan fingerprint density at radius 1 is 1.25 bits per heavy atom. The van der Waals surface area contributed by atoms with Gasteiger partial charge in [-0.1, -0.05) is 0 Å². The molecule has 0 aromatic heterocycles. The van der Waals surface area contributed by atoms with E-state index >= 15 is 0 Å². The molecule has 0 amide bonds. The molecule has 0 saturated carbocycles. The minimum absolute atomic E-state index is 0.0613. The van der Waals surface area contributed by atoms with Crippen molar-refractivity contribution in [3.05, 3.63) is 23.3 Å². The summed E-state index contributed by atoms with van der Waals surface area (Å²) in [5, 5.41) is 9.17. The van der Waals surface area contributed by atoms with Crippen LogP contribution >= 0.6 is 0 Å². The molecule has 0 N–H and O–H groups in total. The number of benzene rings is 1. The van der Waals surface area contributed by atoms with Crippen LogP contribution in [0.15, 0.2) is 12.1 Å². The minimum Gasteiger partial charge on any atom is -0.496 e. The lowest BCUT2D eigenvalue weighted by atomic mass is 9.82. The first-order valence-corrected chi connectivity index (χ1v) is 5.45. The van der Waals surface area contributed by atoms with Gasteiger partial charge in [0.2, 0.25) is 0 Å². The van der Waals surface area contributed by atoms with Crippen molar-refractivity contribution in [2.75, 3.05) is 14.2 Å². The fourth-order valence-electron chi connectivity index (χ4n) is 2.39. The third kappa shape index (κ3) is 1.61. The van der Waals surface area contributed by atoms with Crippen LogP contribution in [0.5, 0.6) is 11.5 Å². The summed E-state index contributed by atoms with van der Waals surface area (Å²) in [4.78, 5) is 0. The zero-order valence-electron chi connectivity index (χ0n) is 9.62. The summed E-state index contributed by atoms with van der Waals surface area (Å²) in [6, 6.07) is 6.15. The van der Waals surface area contributed by atoms with Crippen molar-refractivity contribution in [1.82, 2.24) is 0 Å². The van der Waals surface area contributed by atoms with Crippen molar-refractivity contribution in [1.29, 1.82) is 5.26 Å². The largest absolute Gasteiger partial charge is 0.496 e. The van der Waals surface area contributed by atoms with E-state index in [0.29, 0.717) is 0 Å². The molecule has 0 fully saturated rings. The molecule has 0 saturated heterocycles. The van der Waals surface area contributed by atoms with E-state index in [1.165, 1.54) is 0 Å². The number of fused-ring (bicyclic) bond motifs is 1. The molecular weight excluding hydrogens is 202 g/mol. The third-order valence-electron chi connectivity index (χ3n) is 3.14. The fraction of sp³-hybridized carbons (Fsp3) is 0.462. The number of methoxy groups -OCH3 is 2. The molecule has 0 aliphatic heterocycles. The molecule has 1 atom stereocenters. The molecule has 0 spiro atoms. The Morgan fingerprint density at radius 2 is 1.94 bits per heavy atom. The lowest BCUT2D eigenvalue weighted by molar-refractivity contribution is 0.386. The molecule has 1 aromatic rings. The van der Waals surface area contributed by atoms with Crippen LogP contribution in [-0.4, -0.2) is 14.2 Å². The van der Waals surface area contributed by atoms with Crippen LogP contribution in [0.25, 0.3) is 0 Å². The van der Waals surface area contributed by atoms with Gasteiger partial charge in [-0.15, -0.1) is 0 Å². The highest BCUT2D eigenvalue weighted by Crippen LogP contribution is 2.41. The molecular formula is C13H15NO2.